The summed E-state index contributed by atoms with van der Waals surface area (Å²) in [6, 6.07) is 0. The van der Waals surface area contributed by atoms with Crippen molar-refractivity contribution >= 4 is 17.9 Å². The van der Waals surface area contributed by atoms with E-state index in [4.69, 9.17) is 14.2 Å². The fourth-order valence-corrected chi connectivity index (χ4v) is 10.2. The molecule has 0 heterocycles. The number of rotatable bonds is 65. The molecule has 0 aliphatic rings. The number of carbonyl (C=O) groups is 3. The van der Waals surface area contributed by atoms with Crippen LogP contribution in [0.15, 0.2) is 97.2 Å². The SMILES string of the molecule is CC/C=C\C/C=C\C/C=C\CCCCCCCCCC(=O)OCC(COC(=O)CCCCCCCCCCCCCCCCCCC/C=C\C/C=C\CCCCCCC)OC(=O)CCCCCCCC/C=C\C/C=C\C/C=C\CCCCC. The van der Waals surface area contributed by atoms with Crippen LogP contribution >= 0.6 is 0 Å². The van der Waals surface area contributed by atoms with Gasteiger partial charge in [-0.25, -0.2) is 0 Å². The van der Waals surface area contributed by atoms with Gasteiger partial charge in [0.25, 0.3) is 0 Å². The topological polar surface area (TPSA) is 78.9 Å². The Balaban J connectivity index is 4.30. The fourth-order valence-electron chi connectivity index (χ4n) is 10.2. The van der Waals surface area contributed by atoms with Gasteiger partial charge in [0.1, 0.15) is 13.2 Å². The van der Waals surface area contributed by atoms with Crippen LogP contribution in [-0.2, 0) is 28.6 Å². The van der Waals surface area contributed by atoms with Gasteiger partial charge in [-0.2, -0.15) is 0 Å². The van der Waals surface area contributed by atoms with Crippen LogP contribution in [0, 0.1) is 0 Å². The molecule has 0 amide bonds. The van der Waals surface area contributed by atoms with Gasteiger partial charge >= 0.3 is 17.9 Å². The summed E-state index contributed by atoms with van der Waals surface area (Å²) in [5, 5.41) is 0. The summed E-state index contributed by atoms with van der Waals surface area (Å²) in [7, 11) is 0. The molecule has 6 heteroatoms. The number of esters is 3. The van der Waals surface area contributed by atoms with E-state index in [-0.39, 0.29) is 31.1 Å². The third-order valence-corrected chi connectivity index (χ3v) is 15.5. The highest BCUT2D eigenvalue weighted by Crippen LogP contribution is 2.17. The predicted octanol–water partition coefficient (Wildman–Crippen LogP) is 24.8. The highest BCUT2D eigenvalue weighted by Gasteiger charge is 2.19. The molecule has 0 aliphatic heterocycles. The summed E-state index contributed by atoms with van der Waals surface area (Å²) < 4.78 is 17.0. The Kier molecular flexibility index (Phi) is 67.7. The maximum absolute atomic E-state index is 13.0. The van der Waals surface area contributed by atoms with Crippen LogP contribution < -0.4 is 0 Å². The Labute approximate surface area is 515 Å². The van der Waals surface area contributed by atoms with E-state index < -0.39 is 6.10 Å². The first-order valence-electron chi connectivity index (χ1n) is 35.7. The molecular weight excluding hydrogens is 1020 g/mol. The largest absolute Gasteiger partial charge is 0.462 e. The second kappa shape index (κ2) is 70.8. The molecule has 1 atom stereocenters. The maximum atomic E-state index is 13.0. The molecule has 0 spiro atoms. The normalized spacial score (nSPS) is 12.7. The van der Waals surface area contributed by atoms with E-state index in [1.54, 1.807) is 0 Å². The highest BCUT2D eigenvalue weighted by molar-refractivity contribution is 5.71. The molecule has 1 unspecified atom stereocenters. The number of ether oxygens (including phenoxy) is 3. The van der Waals surface area contributed by atoms with Gasteiger partial charge in [-0.15, -0.1) is 0 Å². The highest BCUT2D eigenvalue weighted by atomic mass is 16.6. The number of allylic oxidation sites excluding steroid dienone is 16. The molecule has 0 saturated carbocycles. The van der Waals surface area contributed by atoms with Crippen molar-refractivity contribution in [2.45, 2.75) is 361 Å². The van der Waals surface area contributed by atoms with Crippen molar-refractivity contribution in [3.8, 4) is 0 Å². The lowest BCUT2D eigenvalue weighted by Crippen LogP contribution is -2.30. The Bertz CT molecular complexity index is 1610. The summed E-state index contributed by atoms with van der Waals surface area (Å²) in [4.78, 5) is 38.5. The minimum Gasteiger partial charge on any atom is -0.462 e. The fraction of sp³-hybridized carbons (Fsp3) is 0.753. The first-order chi connectivity index (χ1) is 41.0. The second-order valence-corrected chi connectivity index (χ2v) is 23.8. The number of hydrogen-bond donors (Lipinski definition) is 0. The van der Waals surface area contributed by atoms with Crippen molar-refractivity contribution in [1.82, 2.24) is 0 Å². The number of carbonyl (C=O) groups excluding carboxylic acids is 3. The molecule has 0 radical (unpaired) electrons. The predicted molar refractivity (Wildman–Crippen MR) is 362 cm³/mol. The van der Waals surface area contributed by atoms with Crippen LogP contribution in [0.1, 0.15) is 355 Å². The maximum Gasteiger partial charge on any atom is 0.306 e. The van der Waals surface area contributed by atoms with Gasteiger partial charge in [-0.1, -0.05) is 311 Å². The smallest absolute Gasteiger partial charge is 0.306 e. The summed E-state index contributed by atoms with van der Waals surface area (Å²) >= 11 is 0. The lowest BCUT2D eigenvalue weighted by molar-refractivity contribution is -0.167. The molecule has 0 saturated heterocycles. The Morgan fingerprint density at radius 2 is 0.470 bits per heavy atom. The van der Waals surface area contributed by atoms with Crippen molar-refractivity contribution < 1.29 is 28.6 Å². The summed E-state index contributed by atoms with van der Waals surface area (Å²) in [5.74, 6) is -0.891. The molecule has 6 nitrogen and oxygen atoms in total. The summed E-state index contributed by atoms with van der Waals surface area (Å²) in [6.07, 6.45) is 95.7. The zero-order valence-corrected chi connectivity index (χ0v) is 54.9. The van der Waals surface area contributed by atoms with Crippen molar-refractivity contribution in [3.05, 3.63) is 97.2 Å². The van der Waals surface area contributed by atoms with Gasteiger partial charge in [0.2, 0.25) is 0 Å². The molecule has 0 N–H and O–H groups in total. The lowest BCUT2D eigenvalue weighted by atomic mass is 10.0. The average molecular weight is 1160 g/mol. The molecule has 0 fully saturated rings. The van der Waals surface area contributed by atoms with Crippen molar-refractivity contribution in [1.29, 1.82) is 0 Å². The first-order valence-corrected chi connectivity index (χ1v) is 35.7. The molecule has 0 aromatic heterocycles. The molecule has 83 heavy (non-hydrogen) atoms. The van der Waals surface area contributed by atoms with Gasteiger partial charge in [-0.3, -0.25) is 14.4 Å². The second-order valence-electron chi connectivity index (χ2n) is 23.8. The molecule has 0 rings (SSSR count). The van der Waals surface area contributed by atoms with Gasteiger partial charge < -0.3 is 14.2 Å². The Morgan fingerprint density at radius 1 is 0.253 bits per heavy atom. The van der Waals surface area contributed by atoms with Crippen LogP contribution in [0.25, 0.3) is 0 Å². The minimum atomic E-state index is -0.791. The van der Waals surface area contributed by atoms with E-state index in [9.17, 15) is 14.4 Å². The monoisotopic (exact) mass is 1160 g/mol. The Hall–Kier alpha value is -3.67. The quantitative estimate of drug-likeness (QED) is 0.0261. The molecule has 0 bridgehead atoms. The van der Waals surface area contributed by atoms with Gasteiger partial charge in [0.05, 0.1) is 0 Å². The van der Waals surface area contributed by atoms with Crippen LogP contribution in [0.2, 0.25) is 0 Å². The van der Waals surface area contributed by atoms with Crippen LogP contribution in [-0.4, -0.2) is 37.2 Å². The standard InChI is InChI=1S/C77H134O6/c1-4-7-10-13-16-19-22-25-28-31-33-34-35-36-37-38-39-40-41-42-44-46-49-52-55-58-61-64-67-70-76(79)82-73-74(72-81-75(78)69-66-63-60-57-54-51-48-45-30-27-24-21-18-15-12-9-6-3)83-77(80)71-68-65-62-59-56-53-50-47-43-32-29-26-23-20-17-14-11-8-5-2/h9,12,17-18,20-22,25-27,29-31,33,43,47,74H,4-8,10-11,13-16,19,23-24,28,32,34-42,44-46,48-73H2,1-3H3/b12-9-,20-17-,21-18-,25-22-,29-26-,30-27-,33-31-,47-43-. The van der Waals surface area contributed by atoms with Gasteiger partial charge in [-0.05, 0) is 122 Å². The van der Waals surface area contributed by atoms with E-state index in [1.807, 2.05) is 0 Å². The lowest BCUT2D eigenvalue weighted by Gasteiger charge is -2.18. The van der Waals surface area contributed by atoms with Gasteiger partial charge in [0, 0.05) is 19.3 Å². The molecule has 478 valence electrons. The first kappa shape index (κ1) is 79.3. The summed E-state index contributed by atoms with van der Waals surface area (Å²) in [6.45, 7) is 6.52. The third kappa shape index (κ3) is 69.0. The minimum absolute atomic E-state index is 0.0841. The average Bonchev–Trinajstić information content (AvgIpc) is 3.50. The van der Waals surface area contributed by atoms with Crippen molar-refractivity contribution in [3.63, 3.8) is 0 Å². The molecule has 0 aliphatic carbocycles. The van der Waals surface area contributed by atoms with E-state index in [0.717, 1.165) is 116 Å². The zero-order chi connectivity index (χ0) is 59.9. The zero-order valence-electron chi connectivity index (χ0n) is 54.9. The van der Waals surface area contributed by atoms with Crippen LogP contribution in [0.5, 0.6) is 0 Å². The van der Waals surface area contributed by atoms with Crippen LogP contribution in [0.4, 0.5) is 0 Å². The van der Waals surface area contributed by atoms with E-state index in [0.29, 0.717) is 19.3 Å². The molecule has 0 aromatic carbocycles. The number of hydrogen-bond acceptors (Lipinski definition) is 6. The Morgan fingerprint density at radius 3 is 0.759 bits per heavy atom. The van der Waals surface area contributed by atoms with Crippen molar-refractivity contribution in [2.24, 2.45) is 0 Å². The van der Waals surface area contributed by atoms with E-state index >= 15 is 0 Å². The third-order valence-electron chi connectivity index (χ3n) is 15.5. The van der Waals surface area contributed by atoms with Crippen molar-refractivity contribution in [2.75, 3.05) is 13.2 Å². The summed E-state index contributed by atoms with van der Waals surface area (Å²) in [5.41, 5.74) is 0. The van der Waals surface area contributed by atoms with E-state index in [2.05, 4.69) is 118 Å². The number of unbranched alkanes of at least 4 members (excludes halogenated alkanes) is 38. The molecular formula is C77H134O6. The molecule has 0 aromatic rings. The van der Waals surface area contributed by atoms with Crippen LogP contribution in [0.3, 0.4) is 0 Å². The van der Waals surface area contributed by atoms with Gasteiger partial charge in [0.15, 0.2) is 6.10 Å². The van der Waals surface area contributed by atoms with E-state index in [1.165, 1.54) is 199 Å².